The number of aliphatic hydroxyl groups is 1. The van der Waals surface area contributed by atoms with Gasteiger partial charge in [0.25, 0.3) is 0 Å². The van der Waals surface area contributed by atoms with E-state index in [1.54, 1.807) is 0 Å². The van der Waals surface area contributed by atoms with E-state index >= 15 is 0 Å². The Bertz CT molecular complexity index is 581. The Hall–Kier alpha value is -1.40. The standard InChI is InChI=1S/C17H26N4O2/c22-16-3-1-7-20(16)10-9-19-6-2-8-21-14(12-19)11-15(18-21)17(23)13-4-5-13/h11,13,17,23H,1-10,12H2/t17-/m1/s1. The Labute approximate surface area is 137 Å². The number of carbonyl (C=O) groups is 1. The highest BCUT2D eigenvalue weighted by Crippen LogP contribution is 2.40. The van der Waals surface area contributed by atoms with Gasteiger partial charge in [0.2, 0.25) is 5.91 Å². The van der Waals surface area contributed by atoms with Crippen molar-refractivity contribution in [2.24, 2.45) is 5.92 Å². The van der Waals surface area contributed by atoms with E-state index in [2.05, 4.69) is 20.7 Å². The maximum absolute atomic E-state index is 11.7. The monoisotopic (exact) mass is 318 g/mol. The summed E-state index contributed by atoms with van der Waals surface area (Å²) in [6.45, 7) is 5.52. The minimum absolute atomic E-state index is 0.305. The first kappa shape index (κ1) is 15.1. The molecule has 0 bridgehead atoms. The number of hydrogen-bond donors (Lipinski definition) is 1. The highest BCUT2D eigenvalue weighted by molar-refractivity contribution is 5.78. The summed E-state index contributed by atoms with van der Waals surface area (Å²) >= 11 is 0. The van der Waals surface area contributed by atoms with E-state index in [4.69, 9.17) is 0 Å². The lowest BCUT2D eigenvalue weighted by molar-refractivity contribution is -0.127. The van der Waals surface area contributed by atoms with Gasteiger partial charge in [-0.2, -0.15) is 5.10 Å². The van der Waals surface area contributed by atoms with Crippen LogP contribution < -0.4 is 0 Å². The van der Waals surface area contributed by atoms with Gasteiger partial charge in [-0.1, -0.05) is 0 Å². The second kappa shape index (κ2) is 6.24. The number of fused-ring (bicyclic) bond motifs is 1. The Morgan fingerprint density at radius 3 is 2.83 bits per heavy atom. The SMILES string of the molecule is O=C1CCCN1CCN1CCCn2nc([C@H](O)C3CC3)cc2C1. The zero-order chi connectivity index (χ0) is 15.8. The summed E-state index contributed by atoms with van der Waals surface area (Å²) in [6, 6.07) is 2.09. The molecule has 0 spiro atoms. The van der Waals surface area contributed by atoms with Crippen LogP contribution in [0.3, 0.4) is 0 Å². The van der Waals surface area contributed by atoms with Crippen LogP contribution in [-0.2, 0) is 17.9 Å². The molecule has 0 unspecified atom stereocenters. The van der Waals surface area contributed by atoms with Crippen molar-refractivity contribution < 1.29 is 9.90 Å². The zero-order valence-electron chi connectivity index (χ0n) is 13.7. The summed E-state index contributed by atoms with van der Waals surface area (Å²) < 4.78 is 2.07. The Kier molecular flexibility index (Phi) is 4.11. The number of rotatable bonds is 5. The van der Waals surface area contributed by atoms with Crippen LogP contribution in [0, 0.1) is 5.92 Å². The fourth-order valence-electron chi connectivity index (χ4n) is 3.74. The number of likely N-dealkylation sites (tertiary alicyclic amines) is 1. The number of aliphatic hydroxyl groups excluding tert-OH is 1. The van der Waals surface area contributed by atoms with Crippen molar-refractivity contribution in [1.82, 2.24) is 19.6 Å². The van der Waals surface area contributed by atoms with E-state index < -0.39 is 0 Å². The molecule has 1 aromatic heterocycles. The van der Waals surface area contributed by atoms with Crippen molar-refractivity contribution in [2.75, 3.05) is 26.2 Å². The first-order valence-electron chi connectivity index (χ1n) is 8.95. The maximum atomic E-state index is 11.7. The molecule has 1 saturated carbocycles. The molecule has 3 aliphatic rings. The van der Waals surface area contributed by atoms with Gasteiger partial charge in [-0.05, 0) is 37.7 Å². The predicted molar refractivity (Wildman–Crippen MR) is 85.6 cm³/mol. The molecule has 1 amide bonds. The smallest absolute Gasteiger partial charge is 0.222 e. The third kappa shape index (κ3) is 3.28. The quantitative estimate of drug-likeness (QED) is 0.885. The number of carbonyl (C=O) groups excluding carboxylic acids is 1. The molecule has 1 atom stereocenters. The van der Waals surface area contributed by atoms with Crippen molar-refractivity contribution in [2.45, 2.75) is 51.3 Å². The largest absolute Gasteiger partial charge is 0.386 e. The molecule has 1 aromatic rings. The van der Waals surface area contributed by atoms with Crippen molar-refractivity contribution in [3.8, 4) is 0 Å². The third-order valence-corrected chi connectivity index (χ3v) is 5.34. The number of nitrogens with zero attached hydrogens (tertiary/aromatic N) is 4. The first-order chi connectivity index (χ1) is 11.2. The van der Waals surface area contributed by atoms with Gasteiger partial charge in [0.15, 0.2) is 0 Å². The third-order valence-electron chi connectivity index (χ3n) is 5.34. The van der Waals surface area contributed by atoms with Gasteiger partial charge in [0, 0.05) is 45.7 Å². The molecule has 6 heteroatoms. The molecule has 1 N–H and O–H groups in total. The zero-order valence-corrected chi connectivity index (χ0v) is 13.7. The van der Waals surface area contributed by atoms with E-state index in [9.17, 15) is 9.90 Å². The van der Waals surface area contributed by atoms with E-state index in [1.807, 2.05) is 4.90 Å². The second-order valence-electron chi connectivity index (χ2n) is 7.18. The fourth-order valence-corrected chi connectivity index (χ4v) is 3.74. The topological polar surface area (TPSA) is 61.6 Å². The van der Waals surface area contributed by atoms with Crippen LogP contribution in [-0.4, -0.2) is 56.8 Å². The number of aromatic nitrogens is 2. The van der Waals surface area contributed by atoms with E-state index in [-0.39, 0.29) is 6.10 Å². The average Bonchev–Trinajstić information content (AvgIpc) is 3.25. The summed E-state index contributed by atoms with van der Waals surface area (Å²) in [6.07, 6.45) is 4.66. The lowest BCUT2D eigenvalue weighted by atomic mass is 10.1. The van der Waals surface area contributed by atoms with Crippen molar-refractivity contribution in [1.29, 1.82) is 0 Å². The highest BCUT2D eigenvalue weighted by atomic mass is 16.3. The maximum Gasteiger partial charge on any atom is 0.222 e. The second-order valence-corrected chi connectivity index (χ2v) is 7.18. The molecule has 2 aliphatic heterocycles. The fraction of sp³-hybridized carbons (Fsp3) is 0.765. The van der Waals surface area contributed by atoms with Gasteiger partial charge >= 0.3 is 0 Å². The lowest BCUT2D eigenvalue weighted by Crippen LogP contribution is -2.35. The van der Waals surface area contributed by atoms with Crippen LogP contribution in [0.1, 0.15) is 49.6 Å². The minimum Gasteiger partial charge on any atom is -0.386 e. The average molecular weight is 318 g/mol. The van der Waals surface area contributed by atoms with Crippen molar-refractivity contribution in [3.05, 3.63) is 17.5 Å². The summed E-state index contributed by atoms with van der Waals surface area (Å²) in [5.41, 5.74) is 2.05. The summed E-state index contributed by atoms with van der Waals surface area (Å²) in [5.74, 6) is 0.728. The highest BCUT2D eigenvalue weighted by Gasteiger charge is 2.33. The Morgan fingerprint density at radius 1 is 1.22 bits per heavy atom. The molecule has 3 heterocycles. The Balaban J connectivity index is 1.39. The van der Waals surface area contributed by atoms with Crippen LogP contribution in [0.2, 0.25) is 0 Å². The number of aryl methyl sites for hydroxylation is 1. The van der Waals surface area contributed by atoms with Crippen LogP contribution in [0.5, 0.6) is 0 Å². The molecular weight excluding hydrogens is 292 g/mol. The normalized spacial score (nSPS) is 23.9. The summed E-state index contributed by atoms with van der Waals surface area (Å²) in [4.78, 5) is 16.1. The van der Waals surface area contributed by atoms with E-state index in [1.165, 1.54) is 5.69 Å². The molecule has 6 nitrogen and oxygen atoms in total. The first-order valence-corrected chi connectivity index (χ1v) is 8.95. The number of hydrogen-bond acceptors (Lipinski definition) is 4. The van der Waals surface area contributed by atoms with Crippen LogP contribution >= 0.6 is 0 Å². The molecule has 1 saturated heterocycles. The molecule has 0 radical (unpaired) electrons. The molecule has 126 valence electrons. The molecule has 23 heavy (non-hydrogen) atoms. The van der Waals surface area contributed by atoms with Crippen LogP contribution in [0.25, 0.3) is 0 Å². The van der Waals surface area contributed by atoms with Gasteiger partial charge in [0.05, 0.1) is 11.4 Å². The summed E-state index contributed by atoms with van der Waals surface area (Å²) in [7, 11) is 0. The molecule has 1 aliphatic carbocycles. The number of amides is 1. The lowest BCUT2D eigenvalue weighted by Gasteiger charge is -2.23. The molecule has 2 fully saturated rings. The van der Waals surface area contributed by atoms with Crippen molar-refractivity contribution >= 4 is 5.91 Å². The molecular formula is C17H26N4O2. The molecule has 4 rings (SSSR count). The van der Waals surface area contributed by atoms with E-state index in [0.29, 0.717) is 11.8 Å². The molecule has 0 aromatic carbocycles. The minimum atomic E-state index is -0.384. The Morgan fingerprint density at radius 2 is 2.09 bits per heavy atom. The van der Waals surface area contributed by atoms with E-state index in [0.717, 1.165) is 77.1 Å². The van der Waals surface area contributed by atoms with Crippen LogP contribution in [0.15, 0.2) is 6.07 Å². The van der Waals surface area contributed by atoms with Crippen LogP contribution in [0.4, 0.5) is 0 Å². The van der Waals surface area contributed by atoms with Gasteiger partial charge in [-0.3, -0.25) is 14.4 Å². The van der Waals surface area contributed by atoms with Gasteiger partial charge in [-0.25, -0.2) is 0 Å². The van der Waals surface area contributed by atoms with Gasteiger partial charge in [-0.15, -0.1) is 0 Å². The predicted octanol–water partition coefficient (Wildman–Crippen LogP) is 1.15. The summed E-state index contributed by atoms with van der Waals surface area (Å²) in [5, 5.41) is 14.9. The van der Waals surface area contributed by atoms with Gasteiger partial charge < -0.3 is 10.0 Å². The van der Waals surface area contributed by atoms with Gasteiger partial charge in [0.1, 0.15) is 6.10 Å². The van der Waals surface area contributed by atoms with Crippen molar-refractivity contribution in [3.63, 3.8) is 0 Å².